The molecule has 0 spiro atoms. The Bertz CT molecular complexity index is 716. The van der Waals surface area contributed by atoms with Gasteiger partial charge in [0, 0.05) is 37.6 Å². The van der Waals surface area contributed by atoms with Crippen molar-refractivity contribution in [2.24, 2.45) is 14.1 Å². The summed E-state index contributed by atoms with van der Waals surface area (Å²) >= 11 is 0. The highest BCUT2D eigenvalue weighted by molar-refractivity contribution is 5.14. The first-order valence-corrected chi connectivity index (χ1v) is 6.49. The zero-order valence-electron chi connectivity index (χ0n) is 11.6. The average Bonchev–Trinajstić information content (AvgIpc) is 2.43. The lowest BCUT2D eigenvalue weighted by molar-refractivity contribution is 0.165. The highest BCUT2D eigenvalue weighted by Gasteiger charge is 2.13. The van der Waals surface area contributed by atoms with Gasteiger partial charge in [0.2, 0.25) is 5.56 Å². The third-order valence-electron chi connectivity index (χ3n) is 3.47. The molecule has 0 saturated heterocycles. The van der Waals surface area contributed by atoms with Crippen LogP contribution in [0.15, 0.2) is 46.1 Å². The van der Waals surface area contributed by atoms with E-state index in [9.17, 15) is 14.7 Å². The van der Waals surface area contributed by atoms with Crippen molar-refractivity contribution in [1.29, 1.82) is 0 Å². The summed E-state index contributed by atoms with van der Waals surface area (Å²) in [6.07, 6.45) is 1.76. The molecule has 0 radical (unpaired) electrons. The molecule has 2 aromatic heterocycles. The molecule has 1 N–H and O–H groups in total. The van der Waals surface area contributed by atoms with E-state index in [1.165, 1.54) is 10.6 Å². The van der Waals surface area contributed by atoms with Gasteiger partial charge in [-0.05, 0) is 31.0 Å². The monoisotopic (exact) mass is 274 g/mol. The van der Waals surface area contributed by atoms with Crippen molar-refractivity contribution >= 4 is 0 Å². The number of pyridine rings is 2. The van der Waals surface area contributed by atoms with Gasteiger partial charge in [0.25, 0.3) is 5.56 Å². The van der Waals surface area contributed by atoms with Crippen LogP contribution in [0.5, 0.6) is 0 Å². The van der Waals surface area contributed by atoms with Crippen molar-refractivity contribution in [2.75, 3.05) is 0 Å². The number of aliphatic hydroxyl groups excluding tert-OH is 1. The van der Waals surface area contributed by atoms with Crippen molar-refractivity contribution < 1.29 is 5.11 Å². The van der Waals surface area contributed by atoms with Crippen molar-refractivity contribution in [3.8, 4) is 0 Å². The Hall–Kier alpha value is -2.14. The summed E-state index contributed by atoms with van der Waals surface area (Å²) in [5, 5.41) is 10.1. The number of rotatable bonds is 4. The molecule has 1 atom stereocenters. The fraction of sp³-hybridized carbons (Fsp3) is 0.333. The number of aromatic nitrogens is 2. The van der Waals surface area contributed by atoms with Gasteiger partial charge in [0.15, 0.2) is 0 Å². The summed E-state index contributed by atoms with van der Waals surface area (Å²) in [5.74, 6) is 0. The van der Waals surface area contributed by atoms with Gasteiger partial charge in [-0.2, -0.15) is 0 Å². The first-order valence-electron chi connectivity index (χ1n) is 6.49. The van der Waals surface area contributed by atoms with Crippen LogP contribution in [0.25, 0.3) is 0 Å². The van der Waals surface area contributed by atoms with Crippen LogP contribution in [0, 0.1) is 0 Å². The molecule has 106 valence electrons. The quantitative estimate of drug-likeness (QED) is 0.895. The molecule has 5 nitrogen and oxygen atoms in total. The molecular weight excluding hydrogens is 256 g/mol. The van der Waals surface area contributed by atoms with E-state index in [2.05, 4.69) is 0 Å². The van der Waals surface area contributed by atoms with Crippen LogP contribution < -0.4 is 11.1 Å². The summed E-state index contributed by atoms with van der Waals surface area (Å²) in [6.45, 7) is 0. The SMILES string of the molecule is Cn1cccc(C(O)CCc2cccc(=O)n2C)c1=O. The van der Waals surface area contributed by atoms with E-state index in [0.717, 1.165) is 5.69 Å². The number of aliphatic hydroxyl groups is 1. The van der Waals surface area contributed by atoms with E-state index in [4.69, 9.17) is 0 Å². The van der Waals surface area contributed by atoms with Crippen LogP contribution in [0.3, 0.4) is 0 Å². The Balaban J connectivity index is 2.15. The average molecular weight is 274 g/mol. The lowest BCUT2D eigenvalue weighted by Gasteiger charge is -2.12. The Morgan fingerprint density at radius 2 is 1.90 bits per heavy atom. The maximum Gasteiger partial charge on any atom is 0.256 e. The molecule has 0 fully saturated rings. The van der Waals surface area contributed by atoms with E-state index >= 15 is 0 Å². The van der Waals surface area contributed by atoms with Gasteiger partial charge in [-0.25, -0.2) is 0 Å². The van der Waals surface area contributed by atoms with E-state index < -0.39 is 6.10 Å². The van der Waals surface area contributed by atoms with E-state index in [-0.39, 0.29) is 11.1 Å². The molecule has 5 heteroatoms. The molecule has 20 heavy (non-hydrogen) atoms. The maximum absolute atomic E-state index is 11.9. The van der Waals surface area contributed by atoms with Gasteiger partial charge in [-0.1, -0.05) is 6.07 Å². The molecule has 0 aromatic carbocycles. The minimum absolute atomic E-state index is 0.0763. The standard InChI is InChI=1S/C15H18N2O3/c1-16-10-4-6-12(15(16)20)13(18)9-8-11-5-3-7-14(19)17(11)2/h3-7,10,13,18H,8-9H2,1-2H3. The van der Waals surface area contributed by atoms with Crippen molar-refractivity contribution in [3.63, 3.8) is 0 Å². The highest BCUT2D eigenvalue weighted by Crippen LogP contribution is 2.15. The topological polar surface area (TPSA) is 64.2 Å². The van der Waals surface area contributed by atoms with Gasteiger partial charge in [0.1, 0.15) is 0 Å². The normalized spacial score (nSPS) is 12.3. The molecule has 2 heterocycles. The Morgan fingerprint density at radius 1 is 1.15 bits per heavy atom. The molecule has 2 aromatic rings. The Kier molecular flexibility index (Phi) is 4.20. The van der Waals surface area contributed by atoms with Gasteiger partial charge in [0.05, 0.1) is 6.10 Å². The fourth-order valence-corrected chi connectivity index (χ4v) is 2.17. The molecule has 0 aliphatic heterocycles. The van der Waals surface area contributed by atoms with E-state index in [0.29, 0.717) is 18.4 Å². The number of hydrogen-bond acceptors (Lipinski definition) is 3. The van der Waals surface area contributed by atoms with Crippen LogP contribution in [-0.2, 0) is 20.5 Å². The molecule has 0 amide bonds. The lowest BCUT2D eigenvalue weighted by Crippen LogP contribution is -2.23. The van der Waals surface area contributed by atoms with Gasteiger partial charge >= 0.3 is 0 Å². The Labute approximate surface area is 116 Å². The first-order chi connectivity index (χ1) is 9.50. The van der Waals surface area contributed by atoms with Crippen molar-refractivity contribution in [2.45, 2.75) is 18.9 Å². The zero-order chi connectivity index (χ0) is 14.7. The predicted octanol–water partition coefficient (Wildman–Crippen LogP) is 0.750. The van der Waals surface area contributed by atoms with Crippen LogP contribution in [0.1, 0.15) is 23.8 Å². The largest absolute Gasteiger partial charge is 0.388 e. The van der Waals surface area contributed by atoms with Gasteiger partial charge in [-0.15, -0.1) is 0 Å². The molecular formula is C15H18N2O3. The van der Waals surface area contributed by atoms with Crippen LogP contribution in [0.2, 0.25) is 0 Å². The number of hydrogen-bond donors (Lipinski definition) is 1. The summed E-state index contributed by atoms with van der Waals surface area (Å²) in [6, 6.07) is 8.41. The lowest BCUT2D eigenvalue weighted by atomic mass is 10.0. The van der Waals surface area contributed by atoms with E-state index in [1.54, 1.807) is 43.1 Å². The minimum Gasteiger partial charge on any atom is -0.388 e. The van der Waals surface area contributed by atoms with Crippen molar-refractivity contribution in [3.05, 3.63) is 68.5 Å². The molecule has 2 rings (SSSR count). The van der Waals surface area contributed by atoms with Crippen LogP contribution >= 0.6 is 0 Å². The third-order valence-corrected chi connectivity index (χ3v) is 3.47. The molecule has 0 saturated carbocycles. The van der Waals surface area contributed by atoms with Gasteiger partial charge in [-0.3, -0.25) is 9.59 Å². The number of aryl methyl sites for hydroxylation is 2. The van der Waals surface area contributed by atoms with Crippen LogP contribution in [-0.4, -0.2) is 14.2 Å². The zero-order valence-corrected chi connectivity index (χ0v) is 11.6. The first kappa shape index (κ1) is 14.3. The molecule has 0 aliphatic rings. The van der Waals surface area contributed by atoms with E-state index in [1.807, 2.05) is 6.07 Å². The molecule has 1 unspecified atom stereocenters. The summed E-state index contributed by atoms with van der Waals surface area (Å²) in [5.41, 5.74) is 0.954. The second-order valence-corrected chi connectivity index (χ2v) is 4.85. The second kappa shape index (κ2) is 5.88. The number of nitrogens with zero attached hydrogens (tertiary/aromatic N) is 2. The molecule has 0 aliphatic carbocycles. The smallest absolute Gasteiger partial charge is 0.256 e. The summed E-state index contributed by atoms with van der Waals surface area (Å²) in [4.78, 5) is 23.4. The highest BCUT2D eigenvalue weighted by atomic mass is 16.3. The van der Waals surface area contributed by atoms with Crippen molar-refractivity contribution in [1.82, 2.24) is 9.13 Å². The Morgan fingerprint density at radius 3 is 2.65 bits per heavy atom. The third kappa shape index (κ3) is 2.88. The van der Waals surface area contributed by atoms with Crippen LogP contribution in [0.4, 0.5) is 0 Å². The minimum atomic E-state index is -0.829. The molecule has 0 bridgehead atoms. The summed E-state index contributed by atoms with van der Waals surface area (Å²) in [7, 11) is 3.35. The summed E-state index contributed by atoms with van der Waals surface area (Å²) < 4.78 is 2.99. The maximum atomic E-state index is 11.9. The second-order valence-electron chi connectivity index (χ2n) is 4.85. The fourth-order valence-electron chi connectivity index (χ4n) is 2.17. The van der Waals surface area contributed by atoms with Gasteiger partial charge < -0.3 is 14.2 Å². The predicted molar refractivity (Wildman–Crippen MR) is 76.6 cm³/mol.